The van der Waals surface area contributed by atoms with Crippen molar-refractivity contribution in [1.82, 2.24) is 5.32 Å². The van der Waals surface area contributed by atoms with Gasteiger partial charge in [0, 0.05) is 11.6 Å². The molecule has 1 aromatic carbocycles. The molecule has 3 N–H and O–H groups in total. The summed E-state index contributed by atoms with van der Waals surface area (Å²) < 4.78 is 23.0. The Labute approximate surface area is 126 Å². The Morgan fingerprint density at radius 1 is 1.19 bits per heavy atom. The van der Waals surface area contributed by atoms with Crippen LogP contribution < -0.4 is 10.5 Å². The van der Waals surface area contributed by atoms with Gasteiger partial charge in [0.2, 0.25) is 10.0 Å². The molecule has 1 saturated carbocycles. The van der Waals surface area contributed by atoms with Gasteiger partial charge in [-0.15, -0.1) is 0 Å². The van der Waals surface area contributed by atoms with E-state index in [4.69, 9.17) is 5.14 Å². The normalized spacial score (nSPS) is 16.7. The summed E-state index contributed by atoms with van der Waals surface area (Å²) in [6, 6.07) is 3.06. The summed E-state index contributed by atoms with van der Waals surface area (Å²) in [6.07, 6.45) is 5.43. The zero-order valence-electron chi connectivity index (χ0n) is 12.5. The van der Waals surface area contributed by atoms with Crippen molar-refractivity contribution in [2.24, 2.45) is 5.14 Å². The molecule has 0 saturated heterocycles. The van der Waals surface area contributed by atoms with E-state index in [0.717, 1.165) is 36.8 Å². The van der Waals surface area contributed by atoms with Crippen molar-refractivity contribution < 1.29 is 13.2 Å². The summed E-state index contributed by atoms with van der Waals surface area (Å²) in [6.45, 7) is 3.60. The Hall–Kier alpha value is -1.40. The fourth-order valence-corrected chi connectivity index (χ4v) is 3.36. The monoisotopic (exact) mass is 310 g/mol. The first-order valence-electron chi connectivity index (χ1n) is 7.24. The fourth-order valence-electron chi connectivity index (χ4n) is 2.74. The minimum absolute atomic E-state index is 0.0144. The smallest absolute Gasteiger partial charge is 0.251 e. The summed E-state index contributed by atoms with van der Waals surface area (Å²) in [5.41, 5.74) is 1.93. The zero-order valence-corrected chi connectivity index (χ0v) is 13.3. The Balaban J connectivity index is 2.29. The lowest BCUT2D eigenvalue weighted by atomic mass is 9.95. The quantitative estimate of drug-likeness (QED) is 0.895. The molecule has 0 atom stereocenters. The van der Waals surface area contributed by atoms with Gasteiger partial charge < -0.3 is 5.32 Å². The molecule has 0 spiro atoms. The van der Waals surface area contributed by atoms with Crippen LogP contribution in [0.5, 0.6) is 0 Å². The van der Waals surface area contributed by atoms with Crippen molar-refractivity contribution in [2.75, 3.05) is 0 Å². The Bertz CT molecular complexity index is 647. The first-order valence-corrected chi connectivity index (χ1v) is 8.78. The average Bonchev–Trinajstić information content (AvgIpc) is 2.41. The minimum Gasteiger partial charge on any atom is -0.349 e. The molecule has 1 aliphatic carbocycles. The lowest BCUT2D eigenvalue weighted by molar-refractivity contribution is 0.0927. The van der Waals surface area contributed by atoms with Gasteiger partial charge in [-0.3, -0.25) is 4.79 Å². The highest BCUT2D eigenvalue weighted by atomic mass is 32.2. The molecular formula is C15H22N2O3S. The number of hydrogen-bond donors (Lipinski definition) is 2. The molecule has 2 rings (SSSR count). The predicted molar refractivity (Wildman–Crippen MR) is 81.6 cm³/mol. The van der Waals surface area contributed by atoms with Gasteiger partial charge in [0.15, 0.2) is 0 Å². The molecule has 0 radical (unpaired) electrons. The lowest BCUT2D eigenvalue weighted by Gasteiger charge is -2.23. The maximum absolute atomic E-state index is 12.4. The van der Waals surface area contributed by atoms with E-state index in [1.807, 2.05) is 6.92 Å². The van der Waals surface area contributed by atoms with Crippen molar-refractivity contribution >= 4 is 15.9 Å². The molecule has 0 heterocycles. The molecule has 0 aromatic heterocycles. The van der Waals surface area contributed by atoms with Crippen molar-refractivity contribution in [3.63, 3.8) is 0 Å². The van der Waals surface area contributed by atoms with Crippen molar-refractivity contribution in [3.8, 4) is 0 Å². The zero-order chi connectivity index (χ0) is 15.6. The van der Waals surface area contributed by atoms with Crippen molar-refractivity contribution in [3.05, 3.63) is 28.8 Å². The Kier molecular flexibility index (Phi) is 4.68. The molecule has 1 aliphatic rings. The summed E-state index contributed by atoms with van der Waals surface area (Å²) in [4.78, 5) is 12.4. The predicted octanol–water partition coefficient (Wildman–Crippen LogP) is 2.01. The van der Waals surface area contributed by atoms with Crippen LogP contribution in [0.15, 0.2) is 17.0 Å². The molecule has 0 bridgehead atoms. The van der Waals surface area contributed by atoms with E-state index in [9.17, 15) is 13.2 Å². The maximum Gasteiger partial charge on any atom is 0.251 e. The van der Waals surface area contributed by atoms with Crippen LogP contribution in [0.4, 0.5) is 0 Å². The van der Waals surface area contributed by atoms with E-state index in [0.29, 0.717) is 5.56 Å². The number of nitrogens with one attached hydrogen (secondary N) is 1. The van der Waals surface area contributed by atoms with Crippen LogP contribution >= 0.6 is 0 Å². The van der Waals surface area contributed by atoms with Gasteiger partial charge in [0.05, 0.1) is 4.90 Å². The first kappa shape index (κ1) is 16.0. The van der Waals surface area contributed by atoms with E-state index in [-0.39, 0.29) is 16.8 Å². The summed E-state index contributed by atoms with van der Waals surface area (Å²) in [7, 11) is -3.81. The van der Waals surface area contributed by atoms with Crippen LogP contribution in [-0.2, 0) is 10.0 Å². The number of carbonyl (C=O) groups excluding carboxylic acids is 1. The number of benzene rings is 1. The maximum atomic E-state index is 12.4. The lowest BCUT2D eigenvalue weighted by Crippen LogP contribution is -2.36. The summed E-state index contributed by atoms with van der Waals surface area (Å²) in [5.74, 6) is -0.215. The molecule has 5 nitrogen and oxygen atoms in total. The van der Waals surface area contributed by atoms with Crippen molar-refractivity contribution in [1.29, 1.82) is 0 Å². The molecule has 1 fully saturated rings. The second kappa shape index (κ2) is 6.15. The third-order valence-corrected chi connectivity index (χ3v) is 5.05. The Morgan fingerprint density at radius 3 is 2.38 bits per heavy atom. The molecule has 1 aromatic rings. The second-order valence-electron chi connectivity index (χ2n) is 5.77. The summed E-state index contributed by atoms with van der Waals surface area (Å²) >= 11 is 0. The van der Waals surface area contributed by atoms with Crippen LogP contribution in [0.2, 0.25) is 0 Å². The second-order valence-corrected chi connectivity index (χ2v) is 7.33. The van der Waals surface area contributed by atoms with E-state index >= 15 is 0 Å². The molecule has 21 heavy (non-hydrogen) atoms. The number of carbonyl (C=O) groups is 1. The van der Waals surface area contributed by atoms with Gasteiger partial charge >= 0.3 is 0 Å². The van der Waals surface area contributed by atoms with Crippen LogP contribution in [0.1, 0.15) is 53.6 Å². The molecular weight excluding hydrogens is 288 g/mol. The van der Waals surface area contributed by atoms with E-state index in [1.165, 1.54) is 18.6 Å². The largest absolute Gasteiger partial charge is 0.349 e. The van der Waals surface area contributed by atoms with Crippen LogP contribution in [0.25, 0.3) is 0 Å². The van der Waals surface area contributed by atoms with Gasteiger partial charge in [-0.25, -0.2) is 13.6 Å². The van der Waals surface area contributed by atoms with Crippen LogP contribution in [0.3, 0.4) is 0 Å². The first-order chi connectivity index (χ1) is 9.79. The molecule has 0 unspecified atom stereocenters. The van der Waals surface area contributed by atoms with Gasteiger partial charge in [-0.05, 0) is 49.9 Å². The number of rotatable bonds is 3. The highest BCUT2D eigenvalue weighted by molar-refractivity contribution is 7.89. The van der Waals surface area contributed by atoms with E-state index < -0.39 is 10.0 Å². The highest BCUT2D eigenvalue weighted by Crippen LogP contribution is 2.21. The number of sulfonamides is 1. The molecule has 6 heteroatoms. The number of nitrogens with two attached hydrogens (primary N) is 1. The fraction of sp³-hybridized carbons (Fsp3) is 0.533. The standard InChI is InChI=1S/C15H22N2O3S/c1-10-8-13(21(16,19)20)9-14(11(10)2)15(18)17-12-6-4-3-5-7-12/h8-9,12H,3-7H2,1-2H3,(H,17,18)(H2,16,19,20). The SMILES string of the molecule is Cc1cc(S(N)(=O)=O)cc(C(=O)NC2CCCCC2)c1C. The van der Waals surface area contributed by atoms with Crippen molar-refractivity contribution in [2.45, 2.75) is 56.9 Å². The highest BCUT2D eigenvalue weighted by Gasteiger charge is 2.20. The third-order valence-electron chi connectivity index (χ3n) is 4.15. The van der Waals surface area contributed by atoms with Gasteiger partial charge in [0.1, 0.15) is 0 Å². The van der Waals surface area contributed by atoms with Crippen LogP contribution in [0, 0.1) is 13.8 Å². The Morgan fingerprint density at radius 2 is 1.81 bits per heavy atom. The number of hydrogen-bond acceptors (Lipinski definition) is 3. The van der Waals surface area contributed by atoms with Gasteiger partial charge in [-0.1, -0.05) is 19.3 Å². The molecule has 116 valence electrons. The number of amides is 1. The van der Waals surface area contributed by atoms with E-state index in [1.54, 1.807) is 6.92 Å². The average molecular weight is 310 g/mol. The minimum atomic E-state index is -3.81. The number of primary sulfonamides is 1. The van der Waals surface area contributed by atoms with Gasteiger partial charge in [-0.2, -0.15) is 0 Å². The number of aryl methyl sites for hydroxylation is 1. The summed E-state index contributed by atoms with van der Waals surface area (Å²) in [5, 5.41) is 8.18. The van der Waals surface area contributed by atoms with Gasteiger partial charge in [0.25, 0.3) is 5.91 Å². The molecule has 1 amide bonds. The third kappa shape index (κ3) is 3.83. The van der Waals surface area contributed by atoms with E-state index in [2.05, 4.69) is 5.32 Å². The van der Waals surface area contributed by atoms with Crippen LogP contribution in [-0.4, -0.2) is 20.4 Å². The topological polar surface area (TPSA) is 89.3 Å². The molecule has 0 aliphatic heterocycles.